The van der Waals surface area contributed by atoms with E-state index in [2.05, 4.69) is 5.32 Å². The van der Waals surface area contributed by atoms with Gasteiger partial charge in [0.2, 0.25) is 11.8 Å². The normalized spacial score (nSPS) is 12.2. The molecule has 0 aliphatic rings. The lowest BCUT2D eigenvalue weighted by molar-refractivity contribution is -0.139. The molecule has 1 atom stereocenters. The number of aryl methyl sites for hydroxylation is 3. The third-order valence-corrected chi connectivity index (χ3v) is 8.25. The van der Waals surface area contributed by atoms with Crippen molar-refractivity contribution in [2.45, 2.75) is 65.1 Å². The van der Waals surface area contributed by atoms with Gasteiger partial charge in [-0.2, -0.15) is 0 Å². The molecule has 202 valence electrons. The minimum absolute atomic E-state index is 0.0928. The number of benzene rings is 3. The fourth-order valence-corrected chi connectivity index (χ4v) is 5.63. The highest BCUT2D eigenvalue weighted by atomic mass is 32.2. The number of hydrogen-bond donors (Lipinski definition) is 1. The van der Waals surface area contributed by atoms with E-state index in [-0.39, 0.29) is 23.4 Å². The average Bonchev–Trinajstić information content (AvgIpc) is 2.86. The second-order valence-corrected chi connectivity index (χ2v) is 11.8. The average molecular weight is 536 g/mol. The van der Waals surface area contributed by atoms with Crippen molar-refractivity contribution in [3.63, 3.8) is 0 Å². The number of carbonyl (C=O) groups excluding carboxylic acids is 2. The van der Waals surface area contributed by atoms with Crippen LogP contribution in [0.25, 0.3) is 0 Å². The van der Waals surface area contributed by atoms with E-state index in [9.17, 15) is 18.0 Å². The molecule has 3 aromatic carbocycles. The highest BCUT2D eigenvalue weighted by Crippen LogP contribution is 2.27. The number of carbonyl (C=O) groups is 2. The van der Waals surface area contributed by atoms with Gasteiger partial charge < -0.3 is 10.2 Å². The van der Waals surface area contributed by atoms with Gasteiger partial charge in [-0.15, -0.1) is 0 Å². The van der Waals surface area contributed by atoms with Crippen LogP contribution in [0, 0.1) is 20.8 Å². The molecule has 2 amide bonds. The SMILES string of the molecule is Cc1ccc(S(=O)(=O)N(CC(=O)N(Cc2ccccc2C)[C@H](C)C(=O)NC(C)C)c2ccccc2C)cc1. The lowest BCUT2D eigenvalue weighted by Gasteiger charge is -2.33. The van der Waals surface area contributed by atoms with Crippen molar-refractivity contribution < 1.29 is 18.0 Å². The summed E-state index contributed by atoms with van der Waals surface area (Å²) in [5.74, 6) is -0.774. The Morgan fingerprint density at radius 2 is 1.39 bits per heavy atom. The predicted molar refractivity (Wildman–Crippen MR) is 151 cm³/mol. The zero-order valence-corrected chi connectivity index (χ0v) is 23.7. The number of hydrogen-bond acceptors (Lipinski definition) is 4. The summed E-state index contributed by atoms with van der Waals surface area (Å²) in [7, 11) is -4.08. The van der Waals surface area contributed by atoms with Crippen molar-refractivity contribution in [3.8, 4) is 0 Å². The van der Waals surface area contributed by atoms with Crippen molar-refractivity contribution >= 4 is 27.5 Å². The lowest BCUT2D eigenvalue weighted by Crippen LogP contribution is -2.52. The van der Waals surface area contributed by atoms with Crippen molar-refractivity contribution in [1.82, 2.24) is 10.2 Å². The number of para-hydroxylation sites is 1. The first kappa shape index (κ1) is 28.9. The Morgan fingerprint density at radius 3 is 1.97 bits per heavy atom. The smallest absolute Gasteiger partial charge is 0.264 e. The lowest BCUT2D eigenvalue weighted by atomic mass is 10.1. The molecule has 0 aliphatic carbocycles. The van der Waals surface area contributed by atoms with Crippen LogP contribution in [0.5, 0.6) is 0 Å². The largest absolute Gasteiger partial charge is 0.352 e. The van der Waals surface area contributed by atoms with Crippen molar-refractivity contribution in [2.24, 2.45) is 0 Å². The van der Waals surface area contributed by atoms with Crippen LogP contribution in [-0.4, -0.2) is 43.8 Å². The standard InChI is InChI=1S/C30H37N3O4S/c1-21(2)31-30(35)25(6)32(19-26-13-9-7-11-23(26)4)29(34)20-33(28-14-10-8-12-24(28)5)38(36,37)27-17-15-22(3)16-18-27/h7-18,21,25H,19-20H2,1-6H3,(H,31,35)/t25-/m1/s1. The number of amides is 2. The van der Waals surface area contributed by atoms with Crippen molar-refractivity contribution in [1.29, 1.82) is 0 Å². The van der Waals surface area contributed by atoms with Crippen LogP contribution in [0.1, 0.15) is 43.0 Å². The summed E-state index contributed by atoms with van der Waals surface area (Å²) in [5.41, 5.74) is 3.92. The van der Waals surface area contributed by atoms with Gasteiger partial charge in [0, 0.05) is 12.6 Å². The summed E-state index contributed by atoms with van der Waals surface area (Å²) in [4.78, 5) is 28.5. The van der Waals surface area contributed by atoms with E-state index < -0.39 is 28.5 Å². The van der Waals surface area contributed by atoms with Crippen LogP contribution < -0.4 is 9.62 Å². The number of rotatable bonds is 10. The van der Waals surface area contributed by atoms with Gasteiger partial charge in [0.1, 0.15) is 12.6 Å². The number of anilines is 1. The van der Waals surface area contributed by atoms with Crippen LogP contribution in [0.3, 0.4) is 0 Å². The fraction of sp³-hybridized carbons (Fsp3) is 0.333. The van der Waals surface area contributed by atoms with Gasteiger partial charge in [0.05, 0.1) is 10.6 Å². The Morgan fingerprint density at radius 1 is 0.816 bits per heavy atom. The topological polar surface area (TPSA) is 86.8 Å². The molecule has 0 aliphatic heterocycles. The molecular weight excluding hydrogens is 498 g/mol. The van der Waals surface area contributed by atoms with Gasteiger partial charge in [-0.1, -0.05) is 60.2 Å². The first-order valence-electron chi connectivity index (χ1n) is 12.7. The van der Waals surface area contributed by atoms with Crippen LogP contribution >= 0.6 is 0 Å². The van der Waals surface area contributed by atoms with Crippen molar-refractivity contribution in [2.75, 3.05) is 10.8 Å². The Balaban J connectivity index is 2.06. The molecule has 0 heterocycles. The molecule has 0 aromatic heterocycles. The molecule has 0 fully saturated rings. The summed E-state index contributed by atoms with van der Waals surface area (Å²) in [5, 5.41) is 2.87. The zero-order chi connectivity index (χ0) is 28.0. The number of nitrogens with one attached hydrogen (secondary N) is 1. The molecule has 3 rings (SSSR count). The molecule has 0 bridgehead atoms. The minimum Gasteiger partial charge on any atom is -0.352 e. The summed E-state index contributed by atoms with van der Waals surface area (Å²) in [6.07, 6.45) is 0. The fourth-order valence-electron chi connectivity index (χ4n) is 4.15. The van der Waals surface area contributed by atoms with Gasteiger partial charge in [0.15, 0.2) is 0 Å². The van der Waals surface area contributed by atoms with E-state index in [1.165, 1.54) is 4.90 Å². The predicted octanol–water partition coefficient (Wildman–Crippen LogP) is 4.75. The molecule has 1 N–H and O–H groups in total. The first-order chi connectivity index (χ1) is 17.9. The molecule has 0 radical (unpaired) electrons. The third kappa shape index (κ3) is 6.81. The molecule has 0 saturated carbocycles. The molecule has 0 saturated heterocycles. The van der Waals surface area contributed by atoms with E-state index >= 15 is 0 Å². The van der Waals surface area contributed by atoms with Crippen LogP contribution in [0.15, 0.2) is 77.7 Å². The van der Waals surface area contributed by atoms with Crippen LogP contribution in [0.4, 0.5) is 5.69 Å². The Labute approximate surface area is 226 Å². The molecule has 0 unspecified atom stereocenters. The Hall–Kier alpha value is -3.65. The van der Waals surface area contributed by atoms with E-state index in [1.54, 1.807) is 56.3 Å². The summed E-state index contributed by atoms with van der Waals surface area (Å²) >= 11 is 0. The van der Waals surface area contributed by atoms with Gasteiger partial charge in [0.25, 0.3) is 10.0 Å². The maximum Gasteiger partial charge on any atom is 0.264 e. The maximum atomic E-state index is 14.0. The number of nitrogens with zero attached hydrogens (tertiary/aromatic N) is 2. The maximum absolute atomic E-state index is 14.0. The van der Waals surface area contributed by atoms with Crippen LogP contribution in [-0.2, 0) is 26.2 Å². The Bertz CT molecular complexity index is 1380. The van der Waals surface area contributed by atoms with Gasteiger partial charge in [-0.05, 0) is 76.4 Å². The van der Waals surface area contributed by atoms with Crippen molar-refractivity contribution in [3.05, 3.63) is 95.1 Å². The summed E-state index contributed by atoms with van der Waals surface area (Å²) in [6, 6.07) is 20.3. The molecule has 38 heavy (non-hydrogen) atoms. The number of sulfonamides is 1. The molecule has 8 heteroatoms. The summed E-state index contributed by atoms with van der Waals surface area (Å²) in [6.45, 7) is 10.7. The van der Waals surface area contributed by atoms with E-state index in [0.717, 1.165) is 21.0 Å². The van der Waals surface area contributed by atoms with Gasteiger partial charge >= 0.3 is 0 Å². The minimum atomic E-state index is -4.08. The van der Waals surface area contributed by atoms with E-state index in [0.29, 0.717) is 11.3 Å². The molecular formula is C30H37N3O4S. The zero-order valence-electron chi connectivity index (χ0n) is 22.9. The quantitative estimate of drug-likeness (QED) is 0.406. The second kappa shape index (κ2) is 12.3. The Kier molecular flexibility index (Phi) is 9.33. The first-order valence-corrected chi connectivity index (χ1v) is 14.1. The summed E-state index contributed by atoms with van der Waals surface area (Å²) < 4.78 is 28.9. The second-order valence-electron chi connectivity index (χ2n) is 9.90. The monoisotopic (exact) mass is 535 g/mol. The molecule has 0 spiro atoms. The third-order valence-electron chi connectivity index (χ3n) is 6.47. The van der Waals surface area contributed by atoms with Gasteiger partial charge in [-0.3, -0.25) is 13.9 Å². The molecule has 3 aromatic rings. The van der Waals surface area contributed by atoms with E-state index in [1.807, 2.05) is 58.0 Å². The van der Waals surface area contributed by atoms with Crippen LogP contribution in [0.2, 0.25) is 0 Å². The highest BCUT2D eigenvalue weighted by molar-refractivity contribution is 7.92. The van der Waals surface area contributed by atoms with E-state index in [4.69, 9.17) is 0 Å². The highest BCUT2D eigenvalue weighted by Gasteiger charge is 2.33. The molecule has 7 nitrogen and oxygen atoms in total. The van der Waals surface area contributed by atoms with Gasteiger partial charge in [-0.25, -0.2) is 8.42 Å².